The Balaban J connectivity index is 1.35. The van der Waals surface area contributed by atoms with E-state index in [0.717, 1.165) is 30.0 Å². The van der Waals surface area contributed by atoms with Crippen LogP contribution in [0.1, 0.15) is 64.0 Å². The first-order chi connectivity index (χ1) is 22.0. The number of allylic oxidation sites excluding steroid dienone is 1. The summed E-state index contributed by atoms with van der Waals surface area (Å²) >= 11 is 8.24. The summed E-state index contributed by atoms with van der Waals surface area (Å²) in [7, 11) is 3.31. The van der Waals surface area contributed by atoms with E-state index in [1.54, 1.807) is 25.1 Å². The highest BCUT2D eigenvalue weighted by atomic mass is 35.5. The summed E-state index contributed by atoms with van der Waals surface area (Å²) in [5.41, 5.74) is 0.705. The van der Waals surface area contributed by atoms with Crippen LogP contribution in [0.3, 0.4) is 0 Å². The normalized spacial score (nSPS) is 26.8. The topological polar surface area (TPSA) is 131 Å². The highest BCUT2D eigenvalue weighted by Crippen LogP contribution is 2.47. The molecule has 2 amide bonds. The van der Waals surface area contributed by atoms with Crippen LogP contribution in [0.15, 0.2) is 35.7 Å². The lowest BCUT2D eigenvalue weighted by Gasteiger charge is -2.26. The minimum Gasteiger partial charge on any atom is -0.495 e. The molecule has 5 unspecified atom stereocenters. The molecule has 244 valence electrons. The molecule has 0 radical (unpaired) electrons. The molecular weight excluding hydrogens is 628 g/mol. The molecule has 10 nitrogen and oxygen atoms in total. The summed E-state index contributed by atoms with van der Waals surface area (Å²) in [6.07, 6.45) is 6.79. The number of aliphatic carboxylic acids is 1. The van der Waals surface area contributed by atoms with Gasteiger partial charge in [-0.25, -0.2) is 14.8 Å². The van der Waals surface area contributed by atoms with E-state index in [9.17, 15) is 19.5 Å². The van der Waals surface area contributed by atoms with E-state index in [-0.39, 0.29) is 24.2 Å². The standard InChI is InChI=1S/C34H39ClN4O6S/c1-18(2)25-17-46-31(37-25)24-15-27(21-10-11-26(44-4)28(35)29(21)36-24)45-20-13-22-23(14-20)32(41)39(3)12-8-6-5-7-9-19-16-34(19,33(42)43)38-30(22)40/h7,9-11,15,17-20,22-23H,5-6,8,12-14,16H2,1-4H3,(H,38,40)(H,42,43). The number of benzene rings is 1. The number of amides is 2. The maximum absolute atomic E-state index is 13.8. The van der Waals surface area contributed by atoms with Crippen LogP contribution < -0.4 is 14.8 Å². The Morgan fingerprint density at radius 3 is 2.67 bits per heavy atom. The van der Waals surface area contributed by atoms with Gasteiger partial charge in [0.05, 0.1) is 30.2 Å². The summed E-state index contributed by atoms with van der Waals surface area (Å²) in [5, 5.41) is 16.7. The molecule has 2 N–H and O–H groups in total. The van der Waals surface area contributed by atoms with Gasteiger partial charge in [0.15, 0.2) is 0 Å². The number of carbonyl (C=O) groups excluding carboxylic acids is 2. The van der Waals surface area contributed by atoms with Crippen LogP contribution in [0.2, 0.25) is 5.02 Å². The summed E-state index contributed by atoms with van der Waals surface area (Å²) in [6, 6.07) is 5.42. The van der Waals surface area contributed by atoms with E-state index in [4.69, 9.17) is 31.0 Å². The predicted molar refractivity (Wildman–Crippen MR) is 176 cm³/mol. The monoisotopic (exact) mass is 666 g/mol. The van der Waals surface area contributed by atoms with E-state index in [1.165, 1.54) is 11.3 Å². The van der Waals surface area contributed by atoms with Gasteiger partial charge in [-0.05, 0) is 56.6 Å². The maximum atomic E-state index is 13.8. The number of hydrogen-bond acceptors (Lipinski definition) is 8. The van der Waals surface area contributed by atoms with Gasteiger partial charge in [-0.1, -0.05) is 37.6 Å². The highest BCUT2D eigenvalue weighted by Gasteiger charge is 2.61. The first kappa shape index (κ1) is 32.2. The molecule has 6 rings (SSSR count). The van der Waals surface area contributed by atoms with Crippen LogP contribution in [-0.2, 0) is 14.4 Å². The SMILES string of the molecule is COc1ccc2c(OC3CC4C(=O)NC5(C(=O)O)CC5C=CCCCCN(C)C(=O)C4C3)cc(-c3nc(C(C)C)cs3)nc2c1Cl. The van der Waals surface area contributed by atoms with Crippen LogP contribution in [0, 0.1) is 17.8 Å². The molecular formula is C34H39ClN4O6S. The summed E-state index contributed by atoms with van der Waals surface area (Å²) in [6.45, 7) is 4.74. The molecule has 3 heterocycles. The Hall–Kier alpha value is -3.70. The van der Waals surface area contributed by atoms with Crippen molar-refractivity contribution in [3.8, 4) is 22.2 Å². The number of methoxy groups -OCH3 is 1. The van der Waals surface area contributed by atoms with Crippen molar-refractivity contribution in [2.45, 2.75) is 69.9 Å². The Morgan fingerprint density at radius 2 is 1.96 bits per heavy atom. The number of halogens is 1. The average molecular weight is 667 g/mol. The zero-order chi connectivity index (χ0) is 32.7. The number of carboxylic acids is 1. The van der Waals surface area contributed by atoms with Crippen molar-refractivity contribution in [3.63, 3.8) is 0 Å². The molecule has 2 aromatic heterocycles. The molecule has 5 atom stereocenters. The third-order valence-electron chi connectivity index (χ3n) is 9.47. The zero-order valence-corrected chi connectivity index (χ0v) is 28.0. The molecule has 0 saturated heterocycles. The second-order valence-electron chi connectivity index (χ2n) is 12.9. The van der Waals surface area contributed by atoms with E-state index < -0.39 is 35.4 Å². The number of carbonyl (C=O) groups is 3. The lowest BCUT2D eigenvalue weighted by atomic mass is 9.93. The fourth-order valence-electron chi connectivity index (χ4n) is 6.61. The number of aromatic nitrogens is 2. The number of rotatable bonds is 6. The third-order valence-corrected chi connectivity index (χ3v) is 10.7. The van der Waals surface area contributed by atoms with Crippen molar-refractivity contribution in [2.75, 3.05) is 20.7 Å². The van der Waals surface area contributed by atoms with Gasteiger partial charge in [-0.2, -0.15) is 0 Å². The van der Waals surface area contributed by atoms with Gasteiger partial charge in [0, 0.05) is 36.3 Å². The fraction of sp³-hybridized carbons (Fsp3) is 0.500. The highest BCUT2D eigenvalue weighted by molar-refractivity contribution is 7.13. The molecule has 46 heavy (non-hydrogen) atoms. The lowest BCUT2D eigenvalue weighted by Crippen LogP contribution is -2.49. The van der Waals surface area contributed by atoms with E-state index in [1.807, 2.05) is 29.7 Å². The third kappa shape index (κ3) is 6.07. The Kier molecular flexibility index (Phi) is 9.00. The molecule has 1 aromatic carbocycles. The number of pyridine rings is 1. The predicted octanol–water partition coefficient (Wildman–Crippen LogP) is 6.08. The largest absolute Gasteiger partial charge is 0.495 e. The molecule has 3 aliphatic rings. The van der Waals surface area contributed by atoms with Gasteiger partial charge in [0.1, 0.15) is 38.9 Å². The summed E-state index contributed by atoms with van der Waals surface area (Å²) in [5.74, 6) is -2.04. The number of nitrogens with one attached hydrogen (secondary N) is 1. The van der Waals surface area contributed by atoms with Gasteiger partial charge < -0.3 is 24.8 Å². The number of thiazole rings is 1. The average Bonchev–Trinajstić information content (AvgIpc) is 3.33. The zero-order valence-electron chi connectivity index (χ0n) is 26.4. The number of carboxylic acid groups (broad SMARTS) is 1. The summed E-state index contributed by atoms with van der Waals surface area (Å²) < 4.78 is 12.1. The van der Waals surface area contributed by atoms with Gasteiger partial charge >= 0.3 is 5.97 Å². The van der Waals surface area contributed by atoms with Crippen LogP contribution in [0.5, 0.6) is 11.5 Å². The second kappa shape index (κ2) is 12.8. The number of ether oxygens (including phenoxy) is 2. The number of nitrogens with zero attached hydrogens (tertiary/aromatic N) is 3. The van der Waals surface area contributed by atoms with Crippen LogP contribution >= 0.6 is 22.9 Å². The van der Waals surface area contributed by atoms with Crippen molar-refractivity contribution in [1.29, 1.82) is 0 Å². The smallest absolute Gasteiger partial charge is 0.330 e. The first-order valence-corrected chi connectivity index (χ1v) is 17.0. The quantitative estimate of drug-likeness (QED) is 0.303. The van der Waals surface area contributed by atoms with E-state index in [0.29, 0.717) is 52.5 Å². The second-order valence-corrected chi connectivity index (χ2v) is 14.1. The Labute approximate surface area is 277 Å². The fourth-order valence-corrected chi connectivity index (χ4v) is 7.84. The van der Waals surface area contributed by atoms with Gasteiger partial charge in [-0.3, -0.25) is 9.59 Å². The number of fused-ring (bicyclic) bond motifs is 3. The molecule has 0 spiro atoms. The van der Waals surface area contributed by atoms with Crippen molar-refractivity contribution >= 4 is 51.6 Å². The molecule has 1 aliphatic heterocycles. The molecule has 0 bridgehead atoms. The Bertz CT molecular complexity index is 1710. The van der Waals surface area contributed by atoms with Crippen molar-refractivity contribution < 1.29 is 29.0 Å². The first-order valence-electron chi connectivity index (χ1n) is 15.8. The lowest BCUT2D eigenvalue weighted by molar-refractivity contribution is -0.145. The van der Waals surface area contributed by atoms with Gasteiger partial charge in [0.2, 0.25) is 11.8 Å². The molecule has 2 aliphatic carbocycles. The maximum Gasteiger partial charge on any atom is 0.330 e. The number of hydrogen-bond donors (Lipinski definition) is 2. The van der Waals surface area contributed by atoms with Crippen LogP contribution in [0.25, 0.3) is 21.6 Å². The minimum absolute atomic E-state index is 0.132. The van der Waals surface area contributed by atoms with Gasteiger partial charge in [0.25, 0.3) is 0 Å². The van der Waals surface area contributed by atoms with E-state index >= 15 is 0 Å². The summed E-state index contributed by atoms with van der Waals surface area (Å²) in [4.78, 5) is 51.3. The minimum atomic E-state index is -1.34. The van der Waals surface area contributed by atoms with Crippen molar-refractivity contribution in [2.24, 2.45) is 17.8 Å². The van der Waals surface area contributed by atoms with Crippen molar-refractivity contribution in [1.82, 2.24) is 20.2 Å². The van der Waals surface area contributed by atoms with Crippen LogP contribution in [-0.4, -0.2) is 70.1 Å². The Morgan fingerprint density at radius 1 is 1.17 bits per heavy atom. The molecule has 2 fully saturated rings. The molecule has 2 saturated carbocycles. The van der Waals surface area contributed by atoms with Gasteiger partial charge in [-0.15, -0.1) is 11.3 Å². The van der Waals surface area contributed by atoms with Crippen LogP contribution in [0.4, 0.5) is 0 Å². The van der Waals surface area contributed by atoms with Crippen molar-refractivity contribution in [3.05, 3.63) is 46.4 Å². The molecule has 3 aromatic rings. The molecule has 12 heteroatoms. The van der Waals surface area contributed by atoms with E-state index in [2.05, 4.69) is 19.2 Å².